The van der Waals surface area contributed by atoms with Crippen molar-refractivity contribution >= 4 is 23.4 Å². The zero-order chi connectivity index (χ0) is 17.8. The molecule has 25 heavy (non-hydrogen) atoms. The normalized spacial score (nSPS) is 18.3. The average molecular weight is 344 g/mol. The maximum Gasteiger partial charge on any atom is 0.312 e. The molecule has 0 N–H and O–H groups in total. The minimum atomic E-state index is -0.448. The van der Waals surface area contributed by atoms with Crippen molar-refractivity contribution in [3.63, 3.8) is 0 Å². The van der Waals surface area contributed by atoms with Gasteiger partial charge in [-0.05, 0) is 12.1 Å². The van der Waals surface area contributed by atoms with Gasteiger partial charge < -0.3 is 19.6 Å². The fourth-order valence-electron chi connectivity index (χ4n) is 3.30. The Kier molecular flexibility index (Phi) is 5.21. The summed E-state index contributed by atoms with van der Waals surface area (Å²) >= 11 is 0. The summed E-state index contributed by atoms with van der Waals surface area (Å²) in [7, 11) is 0. The highest BCUT2D eigenvalue weighted by Crippen LogP contribution is 2.16. The van der Waals surface area contributed by atoms with E-state index in [1.54, 1.807) is 14.7 Å². The summed E-state index contributed by atoms with van der Waals surface area (Å²) in [5, 5.41) is 0. The van der Waals surface area contributed by atoms with E-state index >= 15 is 0 Å². The summed E-state index contributed by atoms with van der Waals surface area (Å²) in [5.74, 6) is -0.865. The van der Waals surface area contributed by atoms with Gasteiger partial charge in [-0.3, -0.25) is 14.4 Å². The molecule has 7 heteroatoms. The van der Waals surface area contributed by atoms with Gasteiger partial charge in [0.2, 0.25) is 5.91 Å². The van der Waals surface area contributed by atoms with Gasteiger partial charge in [0.05, 0.1) is 0 Å². The topological polar surface area (TPSA) is 64.2 Å². The fourth-order valence-corrected chi connectivity index (χ4v) is 3.30. The Hall–Kier alpha value is -2.57. The van der Waals surface area contributed by atoms with E-state index in [9.17, 15) is 14.4 Å². The Morgan fingerprint density at radius 1 is 0.680 bits per heavy atom. The van der Waals surface area contributed by atoms with E-state index in [0.29, 0.717) is 39.3 Å². The summed E-state index contributed by atoms with van der Waals surface area (Å²) in [6.45, 7) is 5.91. The second-order valence-electron chi connectivity index (χ2n) is 6.41. The molecular formula is C18H24N4O3. The number of benzene rings is 1. The highest BCUT2D eigenvalue weighted by Gasteiger charge is 2.31. The summed E-state index contributed by atoms with van der Waals surface area (Å²) in [5.41, 5.74) is 1.14. The first-order valence-corrected chi connectivity index (χ1v) is 8.70. The van der Waals surface area contributed by atoms with Gasteiger partial charge in [0.1, 0.15) is 0 Å². The van der Waals surface area contributed by atoms with Crippen LogP contribution in [0.2, 0.25) is 0 Å². The third-order valence-electron chi connectivity index (χ3n) is 4.88. The molecule has 2 fully saturated rings. The Labute approximate surface area is 147 Å². The predicted molar refractivity (Wildman–Crippen MR) is 94.1 cm³/mol. The van der Waals surface area contributed by atoms with Crippen LogP contribution < -0.4 is 4.90 Å². The lowest BCUT2D eigenvalue weighted by atomic mass is 10.2. The SMILES string of the molecule is CC(=O)N1CCN(C(=O)C(=O)N2CCN(c3ccccc3)CC2)CC1. The number of carbonyl (C=O) groups excluding carboxylic acids is 3. The van der Waals surface area contributed by atoms with Crippen LogP contribution in [0.1, 0.15) is 6.92 Å². The van der Waals surface area contributed by atoms with Crippen LogP contribution in [0.25, 0.3) is 0 Å². The minimum Gasteiger partial charge on any atom is -0.368 e. The summed E-state index contributed by atoms with van der Waals surface area (Å²) in [4.78, 5) is 43.4. The van der Waals surface area contributed by atoms with Gasteiger partial charge in [0, 0.05) is 65.0 Å². The average Bonchev–Trinajstić information content (AvgIpc) is 2.67. The van der Waals surface area contributed by atoms with Crippen molar-refractivity contribution in [2.75, 3.05) is 57.3 Å². The molecule has 0 atom stereocenters. The largest absolute Gasteiger partial charge is 0.368 e. The summed E-state index contributed by atoms with van der Waals surface area (Å²) in [6.07, 6.45) is 0. The summed E-state index contributed by atoms with van der Waals surface area (Å²) in [6, 6.07) is 10.1. The standard InChI is InChI=1S/C18H24N4O3/c1-15(23)19-7-11-21(12-8-19)17(24)18(25)22-13-9-20(10-14-22)16-5-3-2-4-6-16/h2-6H,7-14H2,1H3. The van der Waals surface area contributed by atoms with Crippen LogP contribution in [0.5, 0.6) is 0 Å². The number of para-hydroxylation sites is 1. The van der Waals surface area contributed by atoms with Crippen molar-refractivity contribution in [3.8, 4) is 0 Å². The maximum absolute atomic E-state index is 12.5. The van der Waals surface area contributed by atoms with Crippen LogP contribution in [-0.2, 0) is 14.4 Å². The first-order chi connectivity index (χ1) is 12.1. The van der Waals surface area contributed by atoms with Crippen molar-refractivity contribution in [2.24, 2.45) is 0 Å². The van der Waals surface area contributed by atoms with Crippen molar-refractivity contribution < 1.29 is 14.4 Å². The number of amides is 3. The smallest absolute Gasteiger partial charge is 0.312 e. The van der Waals surface area contributed by atoms with Gasteiger partial charge in [-0.25, -0.2) is 0 Å². The molecule has 0 aromatic heterocycles. The number of anilines is 1. The second-order valence-corrected chi connectivity index (χ2v) is 6.41. The lowest BCUT2D eigenvalue weighted by molar-refractivity contribution is -0.153. The predicted octanol–water partition coefficient (Wildman–Crippen LogP) is 0.0259. The highest BCUT2D eigenvalue weighted by molar-refractivity contribution is 6.35. The van der Waals surface area contributed by atoms with Crippen molar-refractivity contribution in [1.29, 1.82) is 0 Å². The second kappa shape index (κ2) is 7.55. The number of nitrogens with zero attached hydrogens (tertiary/aromatic N) is 4. The molecule has 7 nitrogen and oxygen atoms in total. The van der Waals surface area contributed by atoms with E-state index in [-0.39, 0.29) is 5.91 Å². The molecule has 3 rings (SSSR count). The van der Waals surface area contributed by atoms with Gasteiger partial charge in [-0.2, -0.15) is 0 Å². The number of hydrogen-bond acceptors (Lipinski definition) is 4. The molecule has 2 aliphatic heterocycles. The van der Waals surface area contributed by atoms with Crippen LogP contribution in [0, 0.1) is 0 Å². The molecule has 3 amide bonds. The molecule has 2 heterocycles. The van der Waals surface area contributed by atoms with E-state index in [4.69, 9.17) is 0 Å². The molecule has 0 radical (unpaired) electrons. The molecule has 0 spiro atoms. The first kappa shape index (κ1) is 17.3. The minimum absolute atomic E-state index is 0.00968. The van der Waals surface area contributed by atoms with Crippen LogP contribution in [-0.4, -0.2) is 84.8 Å². The van der Waals surface area contributed by atoms with E-state index in [0.717, 1.165) is 18.8 Å². The molecular weight excluding hydrogens is 320 g/mol. The molecule has 1 aromatic carbocycles. The van der Waals surface area contributed by atoms with Gasteiger partial charge in [0.25, 0.3) is 0 Å². The van der Waals surface area contributed by atoms with Crippen LogP contribution >= 0.6 is 0 Å². The monoisotopic (exact) mass is 344 g/mol. The lowest BCUT2D eigenvalue weighted by Crippen LogP contribution is -2.56. The maximum atomic E-state index is 12.5. The van der Waals surface area contributed by atoms with Crippen LogP contribution in [0.3, 0.4) is 0 Å². The zero-order valence-corrected chi connectivity index (χ0v) is 14.6. The molecule has 0 unspecified atom stereocenters. The van der Waals surface area contributed by atoms with Gasteiger partial charge in [-0.1, -0.05) is 18.2 Å². The lowest BCUT2D eigenvalue weighted by Gasteiger charge is -2.38. The molecule has 0 saturated carbocycles. The fraction of sp³-hybridized carbons (Fsp3) is 0.500. The van der Waals surface area contributed by atoms with Gasteiger partial charge in [-0.15, -0.1) is 0 Å². The number of hydrogen-bond donors (Lipinski definition) is 0. The van der Waals surface area contributed by atoms with Crippen LogP contribution in [0.15, 0.2) is 30.3 Å². The molecule has 1 aromatic rings. The molecule has 0 aliphatic carbocycles. The van der Waals surface area contributed by atoms with Crippen molar-refractivity contribution in [3.05, 3.63) is 30.3 Å². The van der Waals surface area contributed by atoms with Gasteiger partial charge in [0.15, 0.2) is 0 Å². The van der Waals surface area contributed by atoms with E-state index in [1.165, 1.54) is 6.92 Å². The third kappa shape index (κ3) is 3.92. The third-order valence-corrected chi connectivity index (χ3v) is 4.88. The van der Waals surface area contributed by atoms with E-state index < -0.39 is 11.8 Å². The van der Waals surface area contributed by atoms with Crippen molar-refractivity contribution in [2.45, 2.75) is 6.92 Å². The quantitative estimate of drug-likeness (QED) is 0.674. The molecule has 2 saturated heterocycles. The summed E-state index contributed by atoms with van der Waals surface area (Å²) < 4.78 is 0. The van der Waals surface area contributed by atoms with E-state index in [1.807, 2.05) is 18.2 Å². The molecule has 134 valence electrons. The Morgan fingerprint density at radius 3 is 1.60 bits per heavy atom. The van der Waals surface area contributed by atoms with Crippen molar-refractivity contribution in [1.82, 2.24) is 14.7 Å². The number of carbonyl (C=O) groups is 3. The Morgan fingerprint density at radius 2 is 1.12 bits per heavy atom. The van der Waals surface area contributed by atoms with Gasteiger partial charge >= 0.3 is 11.8 Å². The van der Waals surface area contributed by atoms with Crippen LogP contribution in [0.4, 0.5) is 5.69 Å². The Bertz CT molecular complexity index is 633. The molecule has 2 aliphatic rings. The molecule has 0 bridgehead atoms. The Balaban J connectivity index is 1.51. The van der Waals surface area contributed by atoms with E-state index in [2.05, 4.69) is 17.0 Å². The number of rotatable bonds is 1. The number of piperazine rings is 2. The highest BCUT2D eigenvalue weighted by atomic mass is 16.2. The zero-order valence-electron chi connectivity index (χ0n) is 14.6. The first-order valence-electron chi connectivity index (χ1n) is 8.70.